The first kappa shape index (κ1) is 16.5. The summed E-state index contributed by atoms with van der Waals surface area (Å²) in [6.07, 6.45) is 0.0949. The van der Waals surface area contributed by atoms with Crippen molar-refractivity contribution in [2.24, 2.45) is 17.8 Å². The molecule has 1 aliphatic carbocycles. The molecular formula is C19H27NO3. The third-order valence-electron chi connectivity index (χ3n) is 5.46. The lowest BCUT2D eigenvalue weighted by atomic mass is 9.58. The van der Waals surface area contributed by atoms with Gasteiger partial charge in [0.2, 0.25) is 0 Å². The van der Waals surface area contributed by atoms with Crippen molar-refractivity contribution >= 4 is 5.97 Å². The Balaban J connectivity index is 1.86. The molecule has 0 amide bonds. The van der Waals surface area contributed by atoms with Crippen LogP contribution in [0.3, 0.4) is 0 Å². The van der Waals surface area contributed by atoms with Crippen LogP contribution >= 0.6 is 0 Å². The van der Waals surface area contributed by atoms with Gasteiger partial charge in [-0.25, -0.2) is 0 Å². The molecule has 1 aliphatic heterocycles. The maximum Gasteiger partial charge on any atom is 0.310 e. The molecule has 2 fully saturated rings. The molecule has 1 saturated heterocycles. The fourth-order valence-electron chi connectivity index (χ4n) is 4.41. The van der Waals surface area contributed by atoms with E-state index in [1.165, 1.54) is 5.56 Å². The summed E-state index contributed by atoms with van der Waals surface area (Å²) in [6, 6.07) is 10.6. The van der Waals surface area contributed by atoms with Crippen LogP contribution in [-0.2, 0) is 14.3 Å². The summed E-state index contributed by atoms with van der Waals surface area (Å²) >= 11 is 0. The van der Waals surface area contributed by atoms with E-state index in [-0.39, 0.29) is 30.0 Å². The molecule has 0 spiro atoms. The number of esters is 1. The first-order valence-corrected chi connectivity index (χ1v) is 8.80. The number of hydrogen-bond donors (Lipinski definition) is 0. The molecule has 23 heavy (non-hydrogen) atoms. The van der Waals surface area contributed by atoms with Gasteiger partial charge >= 0.3 is 5.97 Å². The first-order valence-electron chi connectivity index (χ1n) is 8.80. The van der Waals surface area contributed by atoms with Crippen LogP contribution in [0.5, 0.6) is 0 Å². The number of carbonyl (C=O) groups excluding carboxylic acids is 1. The second-order valence-corrected chi connectivity index (χ2v) is 6.40. The third kappa shape index (κ3) is 2.79. The van der Waals surface area contributed by atoms with Crippen molar-refractivity contribution in [2.75, 3.05) is 26.3 Å². The van der Waals surface area contributed by atoms with Gasteiger partial charge in [0, 0.05) is 17.9 Å². The molecule has 2 aliphatic rings. The molecule has 0 radical (unpaired) electrons. The highest BCUT2D eigenvalue weighted by molar-refractivity contribution is 5.75. The van der Waals surface area contributed by atoms with E-state index in [1.807, 2.05) is 13.0 Å². The Morgan fingerprint density at radius 1 is 1.22 bits per heavy atom. The number of rotatable bonds is 6. The lowest BCUT2D eigenvalue weighted by Gasteiger charge is -2.52. The minimum absolute atomic E-state index is 0.0476. The van der Waals surface area contributed by atoms with E-state index >= 15 is 0 Å². The predicted octanol–water partition coefficient (Wildman–Crippen LogP) is 2.89. The van der Waals surface area contributed by atoms with Gasteiger partial charge in [-0.1, -0.05) is 44.2 Å². The lowest BCUT2D eigenvalue weighted by molar-refractivity contribution is -0.166. The van der Waals surface area contributed by atoms with Crippen molar-refractivity contribution in [3.05, 3.63) is 35.9 Å². The Morgan fingerprint density at radius 3 is 2.52 bits per heavy atom. The van der Waals surface area contributed by atoms with E-state index in [0.29, 0.717) is 19.1 Å². The fourth-order valence-corrected chi connectivity index (χ4v) is 4.41. The summed E-state index contributed by atoms with van der Waals surface area (Å²) in [5.74, 6) is 0.563. The van der Waals surface area contributed by atoms with Crippen molar-refractivity contribution < 1.29 is 14.3 Å². The van der Waals surface area contributed by atoms with Gasteiger partial charge in [0.05, 0.1) is 25.2 Å². The molecule has 4 nitrogen and oxygen atoms in total. The van der Waals surface area contributed by atoms with Gasteiger partial charge in [-0.2, -0.15) is 0 Å². The van der Waals surface area contributed by atoms with Crippen LogP contribution in [0, 0.1) is 17.8 Å². The third-order valence-corrected chi connectivity index (χ3v) is 5.46. The Kier molecular flexibility index (Phi) is 5.02. The van der Waals surface area contributed by atoms with E-state index in [1.54, 1.807) is 0 Å². The number of nitrogens with zero attached hydrogens (tertiary/aromatic N) is 1. The normalized spacial score (nSPS) is 32.4. The monoisotopic (exact) mass is 317 g/mol. The Labute approximate surface area is 138 Å². The van der Waals surface area contributed by atoms with Crippen LogP contribution in [0.1, 0.15) is 32.4 Å². The average molecular weight is 317 g/mol. The molecule has 0 aromatic heterocycles. The molecule has 0 bridgehead atoms. The zero-order chi connectivity index (χ0) is 16.4. The molecule has 4 heteroatoms. The number of ether oxygens (including phenoxy) is 2. The van der Waals surface area contributed by atoms with Gasteiger partial charge in [0.15, 0.2) is 0 Å². The maximum atomic E-state index is 12.5. The Hall–Kier alpha value is -1.39. The smallest absolute Gasteiger partial charge is 0.310 e. The molecular weight excluding hydrogens is 290 g/mol. The molecule has 1 aromatic rings. The summed E-state index contributed by atoms with van der Waals surface area (Å²) in [7, 11) is 0. The summed E-state index contributed by atoms with van der Waals surface area (Å²) in [6.45, 7) is 9.19. The van der Waals surface area contributed by atoms with E-state index < -0.39 is 0 Å². The summed E-state index contributed by atoms with van der Waals surface area (Å²) in [4.78, 5) is 14.8. The Bertz CT molecular complexity index is 529. The Morgan fingerprint density at radius 2 is 1.91 bits per heavy atom. The van der Waals surface area contributed by atoms with Crippen molar-refractivity contribution in [3.63, 3.8) is 0 Å². The molecule has 1 saturated carbocycles. The molecule has 5 atom stereocenters. The van der Waals surface area contributed by atoms with Crippen LogP contribution < -0.4 is 0 Å². The highest BCUT2D eigenvalue weighted by Crippen LogP contribution is 2.56. The van der Waals surface area contributed by atoms with Crippen LogP contribution in [0.25, 0.3) is 0 Å². The van der Waals surface area contributed by atoms with Gasteiger partial charge < -0.3 is 9.47 Å². The topological polar surface area (TPSA) is 38.8 Å². The van der Waals surface area contributed by atoms with E-state index in [2.05, 4.69) is 43.0 Å². The van der Waals surface area contributed by atoms with Crippen LogP contribution in [0.4, 0.5) is 0 Å². The van der Waals surface area contributed by atoms with Gasteiger partial charge in [-0.05, 0) is 25.6 Å². The van der Waals surface area contributed by atoms with Gasteiger partial charge in [-0.3, -0.25) is 9.69 Å². The van der Waals surface area contributed by atoms with Crippen molar-refractivity contribution in [1.29, 1.82) is 0 Å². The van der Waals surface area contributed by atoms with Crippen molar-refractivity contribution in [1.82, 2.24) is 4.90 Å². The van der Waals surface area contributed by atoms with Gasteiger partial charge in [-0.15, -0.1) is 0 Å². The minimum Gasteiger partial charge on any atom is -0.466 e. The zero-order valence-corrected chi connectivity index (χ0v) is 14.3. The van der Waals surface area contributed by atoms with E-state index in [9.17, 15) is 4.79 Å². The maximum absolute atomic E-state index is 12.5. The standard InChI is InChI=1S/C19H27NO3/c1-4-20(5-2)17-15-14(16(17)19(21)22-6-3)12-23-18(15)13-10-8-7-9-11-13/h7-11,14-18H,4-6,12H2,1-3H3/t14-,15+,16-,17-,18-/m1/s1. The number of benzene rings is 1. The van der Waals surface area contributed by atoms with Crippen LogP contribution in [0.2, 0.25) is 0 Å². The summed E-state index contributed by atoms with van der Waals surface area (Å²) < 4.78 is 11.5. The molecule has 0 unspecified atom stereocenters. The van der Waals surface area contributed by atoms with Gasteiger partial charge in [0.25, 0.3) is 0 Å². The van der Waals surface area contributed by atoms with Crippen molar-refractivity contribution in [3.8, 4) is 0 Å². The number of hydrogen-bond acceptors (Lipinski definition) is 4. The minimum atomic E-state index is -0.0528. The first-order chi connectivity index (χ1) is 11.2. The molecule has 0 N–H and O–H groups in total. The molecule has 1 heterocycles. The highest BCUT2D eigenvalue weighted by atomic mass is 16.5. The van der Waals surface area contributed by atoms with Crippen LogP contribution in [0.15, 0.2) is 30.3 Å². The highest BCUT2D eigenvalue weighted by Gasteiger charge is 2.62. The fraction of sp³-hybridized carbons (Fsp3) is 0.632. The van der Waals surface area contributed by atoms with Gasteiger partial charge in [0.1, 0.15) is 0 Å². The lowest BCUT2D eigenvalue weighted by Crippen LogP contribution is -2.62. The number of carbonyl (C=O) groups is 1. The second-order valence-electron chi connectivity index (χ2n) is 6.40. The molecule has 1 aromatic carbocycles. The quantitative estimate of drug-likeness (QED) is 0.756. The largest absolute Gasteiger partial charge is 0.466 e. The van der Waals surface area contributed by atoms with Crippen LogP contribution in [-0.4, -0.2) is 43.2 Å². The van der Waals surface area contributed by atoms with E-state index in [0.717, 1.165) is 13.1 Å². The summed E-state index contributed by atoms with van der Waals surface area (Å²) in [5, 5.41) is 0. The van der Waals surface area contributed by atoms with E-state index in [4.69, 9.17) is 9.47 Å². The molecule has 3 rings (SSSR count). The molecule has 126 valence electrons. The van der Waals surface area contributed by atoms with Crippen molar-refractivity contribution in [2.45, 2.75) is 32.9 Å². The zero-order valence-electron chi connectivity index (χ0n) is 14.3. The second kappa shape index (κ2) is 7.02. The SMILES string of the molecule is CCOC(=O)[C@@H]1[C@@H]2CO[C@H](c3ccccc3)[C@@H]2[C@H]1N(CC)CC. The average Bonchev–Trinajstić information content (AvgIpc) is 2.92. The predicted molar refractivity (Wildman–Crippen MR) is 88.9 cm³/mol. The summed E-state index contributed by atoms with van der Waals surface area (Å²) in [5.41, 5.74) is 1.22. The number of fused-ring (bicyclic) bond motifs is 1.